The van der Waals surface area contributed by atoms with Gasteiger partial charge in [0.1, 0.15) is 0 Å². The molecule has 1 aromatic carbocycles. The number of hydrogen-bond acceptors (Lipinski definition) is 3. The van der Waals surface area contributed by atoms with E-state index < -0.39 is 0 Å². The molecule has 0 heterocycles. The summed E-state index contributed by atoms with van der Waals surface area (Å²) in [5.74, 6) is 2.28. The number of rotatable bonds is 1. The summed E-state index contributed by atoms with van der Waals surface area (Å²) in [5, 5.41) is 10.5. The van der Waals surface area contributed by atoms with Gasteiger partial charge in [-0.15, -0.1) is 0 Å². The molecule has 0 spiro atoms. The van der Waals surface area contributed by atoms with Crippen molar-refractivity contribution in [3.05, 3.63) is 39.5 Å². The topological polar surface area (TPSA) is 46.5 Å². The first kappa shape index (κ1) is 15.2. The zero-order valence-electron chi connectivity index (χ0n) is 14.0. The van der Waals surface area contributed by atoms with Gasteiger partial charge in [0.25, 0.3) is 0 Å². The lowest BCUT2D eigenvalue weighted by molar-refractivity contribution is -0.0225. The summed E-state index contributed by atoms with van der Waals surface area (Å²) in [6, 6.07) is 5.69. The molecule has 0 radical (unpaired) electrons. The predicted octanol–water partition coefficient (Wildman–Crippen LogP) is 3.27. The number of aliphatic hydroxyl groups excluding tert-OH is 1. The summed E-state index contributed by atoms with van der Waals surface area (Å²) >= 11 is 0. The Kier molecular flexibility index (Phi) is 3.53. The van der Waals surface area contributed by atoms with Gasteiger partial charge >= 0.3 is 0 Å². The minimum atomic E-state index is -0.130. The molecular formula is C20H26O3. The molecule has 3 aliphatic rings. The first-order valence-electron chi connectivity index (χ1n) is 8.94. The number of ether oxygens (including phenoxy) is 1. The van der Waals surface area contributed by atoms with Crippen molar-refractivity contribution < 1.29 is 9.84 Å². The first-order chi connectivity index (χ1) is 11.0. The number of fused-ring (bicyclic) bond motifs is 5. The lowest BCUT2D eigenvalue weighted by atomic mass is 9.55. The highest BCUT2D eigenvalue weighted by Crippen LogP contribution is 2.60. The van der Waals surface area contributed by atoms with Crippen LogP contribution in [0.4, 0.5) is 0 Å². The Labute approximate surface area is 137 Å². The lowest BCUT2D eigenvalue weighted by Gasteiger charge is -2.49. The minimum Gasteiger partial charge on any atom is -0.493 e. The van der Waals surface area contributed by atoms with Crippen molar-refractivity contribution in [2.24, 2.45) is 17.3 Å². The van der Waals surface area contributed by atoms with Crippen molar-refractivity contribution >= 4 is 0 Å². The van der Waals surface area contributed by atoms with Gasteiger partial charge in [-0.1, -0.05) is 13.0 Å². The first-order valence-corrected chi connectivity index (χ1v) is 8.94. The Bertz CT molecular complexity index is 683. The van der Waals surface area contributed by atoms with Crippen LogP contribution >= 0.6 is 0 Å². The maximum atomic E-state index is 12.1. The lowest BCUT2D eigenvalue weighted by Crippen LogP contribution is -2.43. The molecule has 2 saturated carbocycles. The fourth-order valence-corrected chi connectivity index (χ4v) is 5.78. The molecule has 0 aliphatic heterocycles. The van der Waals surface area contributed by atoms with Crippen LogP contribution in [0, 0.1) is 17.3 Å². The Morgan fingerprint density at radius 3 is 2.83 bits per heavy atom. The van der Waals surface area contributed by atoms with Crippen molar-refractivity contribution in [1.29, 1.82) is 0 Å². The summed E-state index contributed by atoms with van der Waals surface area (Å²) in [5.41, 5.74) is 2.71. The highest BCUT2D eigenvalue weighted by Gasteiger charge is 2.54. The molecule has 0 amide bonds. The quantitative estimate of drug-likeness (QED) is 0.865. The van der Waals surface area contributed by atoms with Crippen LogP contribution < -0.4 is 10.2 Å². The summed E-state index contributed by atoms with van der Waals surface area (Å²) < 4.78 is 5.26. The third-order valence-electron chi connectivity index (χ3n) is 7.09. The Hall–Kier alpha value is -1.35. The molecule has 1 N–H and O–H groups in total. The van der Waals surface area contributed by atoms with E-state index in [1.54, 1.807) is 13.2 Å². The Balaban J connectivity index is 1.76. The van der Waals surface area contributed by atoms with Crippen LogP contribution in [0.3, 0.4) is 0 Å². The van der Waals surface area contributed by atoms with Crippen LogP contribution in [-0.2, 0) is 6.42 Å². The van der Waals surface area contributed by atoms with Gasteiger partial charge in [-0.3, -0.25) is 4.79 Å². The van der Waals surface area contributed by atoms with Crippen LogP contribution in [-0.4, -0.2) is 18.3 Å². The molecule has 0 unspecified atom stereocenters. The van der Waals surface area contributed by atoms with Gasteiger partial charge in [0, 0.05) is 0 Å². The van der Waals surface area contributed by atoms with Gasteiger partial charge in [-0.05, 0) is 85.0 Å². The molecule has 124 valence electrons. The Morgan fingerprint density at radius 1 is 1.22 bits per heavy atom. The highest BCUT2D eigenvalue weighted by molar-refractivity contribution is 5.38. The predicted molar refractivity (Wildman–Crippen MR) is 89.9 cm³/mol. The van der Waals surface area contributed by atoms with E-state index in [0.29, 0.717) is 23.5 Å². The molecule has 0 aromatic heterocycles. The SMILES string of the molecule is COc1cc2c(ccc1=O)[C@H]1CC[C@]3(C)[C@@H](O)CC[C@H]3[C@@H]1CC2. The van der Waals surface area contributed by atoms with E-state index in [0.717, 1.165) is 32.1 Å². The molecule has 23 heavy (non-hydrogen) atoms. The monoisotopic (exact) mass is 314 g/mol. The van der Waals surface area contributed by atoms with Gasteiger partial charge in [-0.2, -0.15) is 0 Å². The molecule has 0 saturated heterocycles. The van der Waals surface area contributed by atoms with E-state index in [1.807, 2.05) is 12.1 Å². The molecule has 5 atom stereocenters. The van der Waals surface area contributed by atoms with Crippen molar-refractivity contribution in [1.82, 2.24) is 0 Å². The van der Waals surface area contributed by atoms with Gasteiger partial charge in [-0.25, -0.2) is 0 Å². The van der Waals surface area contributed by atoms with E-state index in [2.05, 4.69) is 6.92 Å². The second-order valence-electron chi connectivity index (χ2n) is 7.94. The second-order valence-corrected chi connectivity index (χ2v) is 7.94. The standard InChI is InChI=1S/C20H26O3/c1-20-10-9-14-13-5-7-17(21)18(23-2)11-12(13)3-4-15(14)16(20)6-8-19(20)22/h5,7,11,14-16,19,22H,3-4,6,8-10H2,1-2H3/t14-,15-,16+,19+,20+/m1/s1. The molecule has 0 bridgehead atoms. The number of aryl methyl sites for hydroxylation is 1. The summed E-state index contributed by atoms with van der Waals surface area (Å²) in [4.78, 5) is 12.1. The zero-order chi connectivity index (χ0) is 16.2. The fraction of sp³-hybridized carbons (Fsp3) is 0.650. The summed E-state index contributed by atoms with van der Waals surface area (Å²) in [7, 11) is 1.57. The van der Waals surface area contributed by atoms with Crippen molar-refractivity contribution in [2.45, 2.75) is 57.5 Å². The van der Waals surface area contributed by atoms with Crippen LogP contribution in [0.15, 0.2) is 23.0 Å². The molecule has 1 aromatic rings. The molecule has 3 nitrogen and oxygen atoms in total. The molecule has 3 heteroatoms. The molecule has 4 rings (SSSR count). The van der Waals surface area contributed by atoms with Gasteiger partial charge in [0.15, 0.2) is 5.75 Å². The fourth-order valence-electron chi connectivity index (χ4n) is 5.78. The van der Waals surface area contributed by atoms with Crippen LogP contribution in [0.1, 0.15) is 56.1 Å². The number of methoxy groups -OCH3 is 1. The van der Waals surface area contributed by atoms with E-state index in [4.69, 9.17) is 4.74 Å². The summed E-state index contributed by atoms with van der Waals surface area (Å²) in [6.45, 7) is 2.30. The van der Waals surface area contributed by atoms with Gasteiger partial charge in [0.2, 0.25) is 5.43 Å². The van der Waals surface area contributed by atoms with Crippen LogP contribution in [0.5, 0.6) is 5.75 Å². The third kappa shape index (κ3) is 2.16. The number of aliphatic hydroxyl groups is 1. The average molecular weight is 314 g/mol. The normalized spacial score (nSPS) is 38.4. The second kappa shape index (κ2) is 5.34. The van der Waals surface area contributed by atoms with Crippen molar-refractivity contribution in [2.75, 3.05) is 7.11 Å². The van der Waals surface area contributed by atoms with E-state index >= 15 is 0 Å². The third-order valence-corrected chi connectivity index (χ3v) is 7.09. The highest BCUT2D eigenvalue weighted by atomic mass is 16.5. The molecule has 3 aliphatic carbocycles. The minimum absolute atomic E-state index is 0.0320. The summed E-state index contributed by atoms with van der Waals surface area (Å²) in [6.07, 6.45) is 6.40. The van der Waals surface area contributed by atoms with Crippen molar-refractivity contribution in [3.63, 3.8) is 0 Å². The Morgan fingerprint density at radius 2 is 2.04 bits per heavy atom. The van der Waals surface area contributed by atoms with Crippen LogP contribution in [0.2, 0.25) is 0 Å². The largest absolute Gasteiger partial charge is 0.493 e. The van der Waals surface area contributed by atoms with E-state index in [-0.39, 0.29) is 16.9 Å². The van der Waals surface area contributed by atoms with Gasteiger partial charge < -0.3 is 9.84 Å². The molecule has 2 fully saturated rings. The number of hydrogen-bond donors (Lipinski definition) is 1. The van der Waals surface area contributed by atoms with Gasteiger partial charge in [0.05, 0.1) is 13.2 Å². The average Bonchev–Trinajstić information content (AvgIpc) is 2.75. The maximum Gasteiger partial charge on any atom is 0.220 e. The van der Waals surface area contributed by atoms with E-state index in [1.165, 1.54) is 17.5 Å². The maximum absolute atomic E-state index is 12.1. The zero-order valence-corrected chi connectivity index (χ0v) is 14.0. The smallest absolute Gasteiger partial charge is 0.220 e. The van der Waals surface area contributed by atoms with Crippen LogP contribution in [0.25, 0.3) is 0 Å². The molecular weight excluding hydrogens is 288 g/mol. The van der Waals surface area contributed by atoms with E-state index in [9.17, 15) is 9.90 Å². The van der Waals surface area contributed by atoms with Crippen molar-refractivity contribution in [3.8, 4) is 5.75 Å².